The third-order valence-corrected chi connectivity index (χ3v) is 5.76. The number of nitrogens with zero attached hydrogens (tertiary/aromatic N) is 1. The summed E-state index contributed by atoms with van der Waals surface area (Å²) in [6.07, 6.45) is 5.39. The van der Waals surface area contributed by atoms with Gasteiger partial charge in [-0.3, -0.25) is 0 Å². The highest BCUT2D eigenvalue weighted by atomic mass is 16.5. The van der Waals surface area contributed by atoms with Crippen LogP contribution in [0.5, 0.6) is 0 Å². The molecule has 1 aliphatic heterocycles. The van der Waals surface area contributed by atoms with Crippen LogP contribution in [0, 0.1) is 25.2 Å². The standard InChI is InChI=1S/C18H25N3O/c1-11-8-12(2)10-13(9-11)20-17(19)21-15-14-4-7-22-16(14)18(15)5-3-6-18/h8-10,14-16H,3-7H2,1-2H3,(H3,19,20,21). The summed E-state index contributed by atoms with van der Waals surface area (Å²) in [4.78, 5) is 4.86. The van der Waals surface area contributed by atoms with Gasteiger partial charge in [0.05, 0.1) is 12.1 Å². The SMILES string of the molecule is Cc1cc(C)cc(NC(N)=NC2C3CCOC3C23CCC3)c1. The van der Waals surface area contributed by atoms with Crippen molar-refractivity contribution in [3.8, 4) is 0 Å². The van der Waals surface area contributed by atoms with Crippen molar-refractivity contribution in [2.75, 3.05) is 11.9 Å². The van der Waals surface area contributed by atoms with Gasteiger partial charge in [-0.2, -0.15) is 0 Å². The molecule has 2 aliphatic carbocycles. The average molecular weight is 299 g/mol. The summed E-state index contributed by atoms with van der Waals surface area (Å²) in [5.74, 6) is 1.13. The lowest BCUT2D eigenvalue weighted by atomic mass is 9.46. The van der Waals surface area contributed by atoms with Crippen LogP contribution < -0.4 is 11.1 Å². The number of hydrogen-bond donors (Lipinski definition) is 2. The van der Waals surface area contributed by atoms with Crippen LogP contribution in [-0.2, 0) is 4.74 Å². The normalized spacial score (nSPS) is 32.3. The maximum atomic E-state index is 6.20. The first-order valence-electron chi connectivity index (χ1n) is 8.39. The van der Waals surface area contributed by atoms with E-state index in [1.807, 2.05) is 0 Å². The van der Waals surface area contributed by atoms with Gasteiger partial charge in [0.2, 0.25) is 0 Å². The van der Waals surface area contributed by atoms with Gasteiger partial charge < -0.3 is 15.8 Å². The first kappa shape index (κ1) is 14.1. The molecule has 0 amide bonds. The predicted molar refractivity (Wildman–Crippen MR) is 89.1 cm³/mol. The van der Waals surface area contributed by atoms with Crippen LogP contribution in [0.2, 0.25) is 0 Å². The van der Waals surface area contributed by atoms with E-state index >= 15 is 0 Å². The first-order chi connectivity index (χ1) is 10.6. The maximum absolute atomic E-state index is 6.20. The van der Waals surface area contributed by atoms with E-state index in [0.29, 0.717) is 29.4 Å². The fraction of sp³-hybridized carbons (Fsp3) is 0.611. The molecule has 4 heteroatoms. The van der Waals surface area contributed by atoms with Crippen molar-refractivity contribution in [2.45, 2.75) is 51.7 Å². The zero-order chi connectivity index (χ0) is 15.3. The molecule has 3 fully saturated rings. The number of aryl methyl sites for hydroxylation is 2. The van der Waals surface area contributed by atoms with Crippen molar-refractivity contribution < 1.29 is 4.74 Å². The van der Waals surface area contributed by atoms with Crippen LogP contribution in [0.25, 0.3) is 0 Å². The van der Waals surface area contributed by atoms with E-state index in [4.69, 9.17) is 15.5 Å². The summed E-state index contributed by atoms with van der Waals surface area (Å²) in [6.45, 7) is 5.09. The van der Waals surface area contributed by atoms with Gasteiger partial charge in [0.1, 0.15) is 0 Å². The second-order valence-electron chi connectivity index (χ2n) is 7.29. The molecule has 0 radical (unpaired) electrons. The van der Waals surface area contributed by atoms with Crippen LogP contribution >= 0.6 is 0 Å². The van der Waals surface area contributed by atoms with E-state index in [9.17, 15) is 0 Å². The second-order valence-corrected chi connectivity index (χ2v) is 7.29. The first-order valence-corrected chi connectivity index (χ1v) is 8.39. The van der Waals surface area contributed by atoms with E-state index in [2.05, 4.69) is 37.4 Å². The molecule has 4 rings (SSSR count). The molecule has 3 unspecified atom stereocenters. The van der Waals surface area contributed by atoms with Gasteiger partial charge in [-0.15, -0.1) is 0 Å². The fourth-order valence-electron chi connectivity index (χ4n) is 4.76. The van der Waals surface area contributed by atoms with E-state index < -0.39 is 0 Å². The molecule has 1 saturated heterocycles. The lowest BCUT2D eigenvalue weighted by Crippen LogP contribution is -2.65. The Hall–Kier alpha value is -1.55. The molecular weight excluding hydrogens is 274 g/mol. The zero-order valence-corrected chi connectivity index (χ0v) is 13.4. The smallest absolute Gasteiger partial charge is 0.193 e. The minimum Gasteiger partial charge on any atom is -0.377 e. The lowest BCUT2D eigenvalue weighted by molar-refractivity contribution is -0.164. The highest BCUT2D eigenvalue weighted by Gasteiger charge is 2.66. The van der Waals surface area contributed by atoms with Gasteiger partial charge in [-0.05, 0) is 56.4 Å². The molecule has 1 spiro atoms. The number of rotatable bonds is 2. The highest BCUT2D eigenvalue weighted by Crippen LogP contribution is 2.64. The average Bonchev–Trinajstić information content (AvgIpc) is 2.78. The summed E-state index contributed by atoms with van der Waals surface area (Å²) in [7, 11) is 0. The third-order valence-electron chi connectivity index (χ3n) is 5.76. The number of nitrogens with one attached hydrogen (secondary N) is 1. The largest absolute Gasteiger partial charge is 0.377 e. The molecular formula is C18H25N3O. The molecule has 1 aromatic rings. The van der Waals surface area contributed by atoms with Crippen LogP contribution in [0.3, 0.4) is 0 Å². The molecule has 3 N–H and O–H groups in total. The molecule has 118 valence electrons. The topological polar surface area (TPSA) is 59.6 Å². The zero-order valence-electron chi connectivity index (χ0n) is 13.4. The van der Waals surface area contributed by atoms with Gasteiger partial charge in [0.25, 0.3) is 0 Å². The third kappa shape index (κ3) is 2.04. The van der Waals surface area contributed by atoms with Gasteiger partial charge in [0.15, 0.2) is 5.96 Å². The van der Waals surface area contributed by atoms with Crippen LogP contribution in [-0.4, -0.2) is 24.7 Å². The Balaban J connectivity index is 1.52. The van der Waals surface area contributed by atoms with Gasteiger partial charge in [-0.1, -0.05) is 12.5 Å². The summed E-state index contributed by atoms with van der Waals surface area (Å²) in [6, 6.07) is 6.73. The summed E-state index contributed by atoms with van der Waals surface area (Å²) >= 11 is 0. The molecule has 2 saturated carbocycles. The van der Waals surface area contributed by atoms with Crippen molar-refractivity contribution in [1.82, 2.24) is 0 Å². The van der Waals surface area contributed by atoms with Gasteiger partial charge >= 0.3 is 0 Å². The number of nitrogens with two attached hydrogens (primary N) is 1. The van der Waals surface area contributed by atoms with Gasteiger partial charge in [0, 0.05) is 23.6 Å². The minimum absolute atomic E-state index is 0.302. The Bertz CT molecular complexity index is 601. The molecule has 1 heterocycles. The number of ether oxygens (including phenoxy) is 1. The van der Waals surface area contributed by atoms with Crippen molar-refractivity contribution in [1.29, 1.82) is 0 Å². The number of hydrogen-bond acceptors (Lipinski definition) is 2. The van der Waals surface area contributed by atoms with Crippen molar-refractivity contribution >= 4 is 11.6 Å². The Labute approximate surface area is 132 Å². The number of aliphatic imine (C=N–C) groups is 1. The summed E-state index contributed by atoms with van der Waals surface area (Å²) < 4.78 is 5.94. The Morgan fingerprint density at radius 1 is 1.27 bits per heavy atom. The van der Waals surface area contributed by atoms with E-state index in [1.54, 1.807) is 0 Å². The molecule has 4 nitrogen and oxygen atoms in total. The van der Waals surface area contributed by atoms with E-state index in [1.165, 1.54) is 30.4 Å². The van der Waals surface area contributed by atoms with E-state index in [0.717, 1.165) is 18.7 Å². The summed E-state index contributed by atoms with van der Waals surface area (Å²) in [5.41, 5.74) is 10.00. The quantitative estimate of drug-likeness (QED) is 0.652. The van der Waals surface area contributed by atoms with E-state index in [-0.39, 0.29) is 0 Å². The number of benzene rings is 1. The maximum Gasteiger partial charge on any atom is 0.193 e. The van der Waals surface area contributed by atoms with Crippen molar-refractivity contribution in [3.05, 3.63) is 29.3 Å². The molecule has 0 aromatic heterocycles. The molecule has 1 aromatic carbocycles. The number of guanidine groups is 1. The van der Waals surface area contributed by atoms with Crippen LogP contribution in [0.4, 0.5) is 5.69 Å². The Morgan fingerprint density at radius 2 is 2.00 bits per heavy atom. The van der Waals surface area contributed by atoms with Gasteiger partial charge in [-0.25, -0.2) is 4.99 Å². The number of fused-ring (bicyclic) bond motifs is 2. The molecule has 0 bridgehead atoms. The summed E-state index contributed by atoms with van der Waals surface area (Å²) in [5, 5.41) is 3.28. The lowest BCUT2D eigenvalue weighted by Gasteiger charge is -2.61. The monoisotopic (exact) mass is 299 g/mol. The van der Waals surface area contributed by atoms with Crippen LogP contribution in [0.15, 0.2) is 23.2 Å². The second kappa shape index (κ2) is 4.98. The van der Waals surface area contributed by atoms with Crippen molar-refractivity contribution in [2.24, 2.45) is 22.1 Å². The Morgan fingerprint density at radius 3 is 2.64 bits per heavy atom. The fourth-order valence-corrected chi connectivity index (χ4v) is 4.76. The number of anilines is 1. The molecule has 3 atom stereocenters. The minimum atomic E-state index is 0.302. The Kier molecular flexibility index (Phi) is 3.19. The molecule has 3 aliphatic rings. The predicted octanol–water partition coefficient (Wildman–Crippen LogP) is 2.99. The van der Waals surface area contributed by atoms with Crippen molar-refractivity contribution in [3.63, 3.8) is 0 Å². The molecule has 22 heavy (non-hydrogen) atoms. The highest BCUT2D eigenvalue weighted by molar-refractivity contribution is 5.92. The van der Waals surface area contributed by atoms with Crippen LogP contribution in [0.1, 0.15) is 36.8 Å².